The third-order valence-electron chi connectivity index (χ3n) is 6.76. The number of rotatable bonds is 3. The standard InChI is InChI=1S/C25H23BrN2O4/c1-28(2)23(30)20-21(15-6-4-3-5-7-15)25(16-8-10-17(26)11-9-16)24(31,22(20)29)18-12-13-27-14-19(18)32-25/h3-14,20-22,29,31H,1-2H3/t20-,21-,22-,24+,25+/m1/s1. The number of aliphatic hydroxyl groups excluding tert-OH is 1. The van der Waals surface area contributed by atoms with Crippen LogP contribution in [0.25, 0.3) is 0 Å². The van der Waals surface area contributed by atoms with E-state index in [1.807, 2.05) is 54.6 Å². The van der Waals surface area contributed by atoms with Crippen molar-refractivity contribution in [3.8, 4) is 5.75 Å². The number of hydrogen-bond donors (Lipinski definition) is 2. The Bertz CT molecular complexity index is 1170. The fourth-order valence-electron chi connectivity index (χ4n) is 5.44. The third-order valence-corrected chi connectivity index (χ3v) is 7.28. The van der Waals surface area contributed by atoms with Crippen LogP contribution in [0.5, 0.6) is 5.75 Å². The molecule has 2 aliphatic rings. The molecule has 2 N–H and O–H groups in total. The predicted molar refractivity (Wildman–Crippen MR) is 122 cm³/mol. The van der Waals surface area contributed by atoms with Gasteiger partial charge in [-0.05, 0) is 29.3 Å². The molecule has 2 heterocycles. The molecule has 7 heteroatoms. The summed E-state index contributed by atoms with van der Waals surface area (Å²) >= 11 is 3.47. The Morgan fingerprint density at radius 3 is 2.44 bits per heavy atom. The number of aliphatic hydroxyl groups is 2. The van der Waals surface area contributed by atoms with Crippen LogP contribution >= 0.6 is 15.9 Å². The van der Waals surface area contributed by atoms with Gasteiger partial charge in [0.05, 0.1) is 12.1 Å². The molecule has 3 aromatic rings. The second-order valence-electron chi connectivity index (χ2n) is 8.57. The zero-order valence-electron chi connectivity index (χ0n) is 17.6. The van der Waals surface area contributed by atoms with E-state index in [-0.39, 0.29) is 5.91 Å². The summed E-state index contributed by atoms with van der Waals surface area (Å²) < 4.78 is 7.46. The molecule has 1 aliphatic carbocycles. The Hall–Kier alpha value is -2.74. The van der Waals surface area contributed by atoms with Crippen molar-refractivity contribution in [3.05, 3.63) is 94.2 Å². The Balaban J connectivity index is 1.86. The molecule has 0 saturated heterocycles. The van der Waals surface area contributed by atoms with E-state index >= 15 is 0 Å². The first-order valence-corrected chi connectivity index (χ1v) is 11.2. The molecular formula is C25H23BrN2O4. The molecule has 1 aliphatic heterocycles. The van der Waals surface area contributed by atoms with Gasteiger partial charge in [0, 0.05) is 36.2 Å². The second kappa shape index (κ2) is 7.40. The Morgan fingerprint density at radius 2 is 1.78 bits per heavy atom. The lowest BCUT2D eigenvalue weighted by atomic mass is 9.71. The van der Waals surface area contributed by atoms with Crippen molar-refractivity contribution in [2.75, 3.05) is 14.1 Å². The zero-order chi connectivity index (χ0) is 22.7. The minimum Gasteiger partial charge on any atom is -0.476 e. The van der Waals surface area contributed by atoms with Crippen LogP contribution in [0.15, 0.2) is 77.5 Å². The van der Waals surface area contributed by atoms with E-state index < -0.39 is 29.1 Å². The van der Waals surface area contributed by atoms with Gasteiger partial charge >= 0.3 is 0 Å². The largest absolute Gasteiger partial charge is 0.476 e. The summed E-state index contributed by atoms with van der Waals surface area (Å²) in [5, 5.41) is 24.1. The number of carbonyl (C=O) groups excluding carboxylic acids is 1. The maximum absolute atomic E-state index is 13.4. The van der Waals surface area contributed by atoms with Crippen LogP contribution in [0.2, 0.25) is 0 Å². The van der Waals surface area contributed by atoms with Crippen molar-refractivity contribution in [3.63, 3.8) is 0 Å². The number of pyridine rings is 1. The second-order valence-corrected chi connectivity index (χ2v) is 9.49. The average Bonchev–Trinajstić information content (AvgIpc) is 3.18. The number of aromatic nitrogens is 1. The number of nitrogens with zero attached hydrogens (tertiary/aromatic N) is 2. The molecule has 0 radical (unpaired) electrons. The summed E-state index contributed by atoms with van der Waals surface area (Å²) in [6.45, 7) is 0. The van der Waals surface area contributed by atoms with Crippen LogP contribution in [-0.2, 0) is 16.0 Å². The van der Waals surface area contributed by atoms with Gasteiger partial charge in [0.2, 0.25) is 5.91 Å². The lowest BCUT2D eigenvalue weighted by Crippen LogP contribution is -2.52. The summed E-state index contributed by atoms with van der Waals surface area (Å²) in [7, 11) is 3.31. The predicted octanol–water partition coefficient (Wildman–Crippen LogP) is 3.18. The summed E-state index contributed by atoms with van der Waals surface area (Å²) in [6.07, 6.45) is 1.70. The summed E-state index contributed by atoms with van der Waals surface area (Å²) in [6, 6.07) is 18.6. The molecule has 32 heavy (non-hydrogen) atoms. The van der Waals surface area contributed by atoms with Gasteiger partial charge in [-0.25, -0.2) is 0 Å². The number of fused-ring (bicyclic) bond motifs is 3. The highest BCUT2D eigenvalue weighted by Crippen LogP contribution is 2.68. The van der Waals surface area contributed by atoms with E-state index in [0.717, 1.165) is 10.0 Å². The maximum atomic E-state index is 13.4. The van der Waals surface area contributed by atoms with Crippen molar-refractivity contribution in [1.82, 2.24) is 9.88 Å². The fourth-order valence-corrected chi connectivity index (χ4v) is 5.70. The maximum Gasteiger partial charge on any atom is 0.228 e. The van der Waals surface area contributed by atoms with Crippen molar-refractivity contribution in [2.24, 2.45) is 5.92 Å². The molecule has 5 rings (SSSR count). The number of carbonyl (C=O) groups is 1. The summed E-state index contributed by atoms with van der Waals surface area (Å²) in [4.78, 5) is 19.0. The van der Waals surface area contributed by atoms with E-state index in [0.29, 0.717) is 16.9 Å². The van der Waals surface area contributed by atoms with Gasteiger partial charge in [0.15, 0.2) is 11.2 Å². The normalized spacial score (nSPS) is 30.3. The molecular weight excluding hydrogens is 472 g/mol. The Labute approximate surface area is 194 Å². The number of ether oxygens (including phenoxy) is 1. The van der Waals surface area contributed by atoms with Crippen LogP contribution in [0, 0.1) is 5.92 Å². The van der Waals surface area contributed by atoms with Gasteiger partial charge in [-0.2, -0.15) is 0 Å². The number of benzene rings is 2. The molecule has 1 saturated carbocycles. The molecule has 0 bridgehead atoms. The highest BCUT2D eigenvalue weighted by atomic mass is 79.9. The topological polar surface area (TPSA) is 82.9 Å². The quantitative estimate of drug-likeness (QED) is 0.584. The van der Waals surface area contributed by atoms with Crippen LogP contribution in [0.4, 0.5) is 0 Å². The van der Waals surface area contributed by atoms with E-state index in [2.05, 4.69) is 20.9 Å². The van der Waals surface area contributed by atoms with Gasteiger partial charge in [-0.1, -0.05) is 58.4 Å². The van der Waals surface area contributed by atoms with Crippen molar-refractivity contribution in [2.45, 2.75) is 23.2 Å². The lowest BCUT2D eigenvalue weighted by Gasteiger charge is -2.40. The number of amides is 1. The molecule has 164 valence electrons. The van der Waals surface area contributed by atoms with Gasteiger partial charge < -0.3 is 19.8 Å². The molecule has 5 atom stereocenters. The third kappa shape index (κ3) is 2.65. The lowest BCUT2D eigenvalue weighted by molar-refractivity contribution is -0.155. The van der Waals surface area contributed by atoms with Gasteiger partial charge in [-0.3, -0.25) is 9.78 Å². The first kappa shape index (κ1) is 21.1. The van der Waals surface area contributed by atoms with Gasteiger partial charge in [0.25, 0.3) is 0 Å². The summed E-state index contributed by atoms with van der Waals surface area (Å²) in [5.74, 6) is -1.46. The first-order valence-electron chi connectivity index (χ1n) is 10.4. The van der Waals surface area contributed by atoms with Crippen LogP contribution in [0.1, 0.15) is 22.6 Å². The van der Waals surface area contributed by atoms with Gasteiger partial charge in [-0.15, -0.1) is 0 Å². The monoisotopic (exact) mass is 494 g/mol. The van der Waals surface area contributed by atoms with Crippen LogP contribution in [0.3, 0.4) is 0 Å². The number of halogens is 1. The molecule has 0 spiro atoms. The first-order chi connectivity index (χ1) is 15.3. The van der Waals surface area contributed by atoms with E-state index in [1.165, 1.54) is 4.90 Å². The molecule has 1 aromatic heterocycles. The molecule has 1 fully saturated rings. The van der Waals surface area contributed by atoms with E-state index in [1.54, 1.807) is 32.6 Å². The number of hydrogen-bond acceptors (Lipinski definition) is 5. The van der Waals surface area contributed by atoms with E-state index in [4.69, 9.17) is 4.74 Å². The minimum atomic E-state index is -1.87. The Morgan fingerprint density at radius 1 is 1.09 bits per heavy atom. The SMILES string of the molecule is CN(C)C(=O)[C@H]1[C@@H](O)[C@@]2(O)c3ccncc3O[C@@]2(c2ccc(Br)cc2)[C@@H]1c1ccccc1. The molecule has 1 amide bonds. The van der Waals surface area contributed by atoms with Crippen molar-refractivity contribution < 1.29 is 19.7 Å². The van der Waals surface area contributed by atoms with Crippen LogP contribution in [-0.4, -0.2) is 46.2 Å². The smallest absolute Gasteiger partial charge is 0.228 e. The average molecular weight is 495 g/mol. The summed E-state index contributed by atoms with van der Waals surface area (Å²) in [5.41, 5.74) is -1.41. The highest BCUT2D eigenvalue weighted by Gasteiger charge is 2.77. The van der Waals surface area contributed by atoms with Crippen molar-refractivity contribution >= 4 is 21.8 Å². The van der Waals surface area contributed by atoms with E-state index in [9.17, 15) is 15.0 Å². The van der Waals surface area contributed by atoms with Crippen LogP contribution < -0.4 is 4.74 Å². The zero-order valence-corrected chi connectivity index (χ0v) is 19.2. The highest BCUT2D eigenvalue weighted by molar-refractivity contribution is 9.10. The molecule has 6 nitrogen and oxygen atoms in total. The molecule has 2 aromatic carbocycles. The minimum absolute atomic E-state index is 0.273. The Kier molecular flexibility index (Phi) is 4.89. The fraction of sp³-hybridized carbons (Fsp3) is 0.280. The molecule has 0 unspecified atom stereocenters. The van der Waals surface area contributed by atoms with Gasteiger partial charge in [0.1, 0.15) is 11.9 Å². The van der Waals surface area contributed by atoms with Crippen molar-refractivity contribution in [1.29, 1.82) is 0 Å².